The van der Waals surface area contributed by atoms with E-state index in [9.17, 15) is 0 Å². The summed E-state index contributed by atoms with van der Waals surface area (Å²) in [6.45, 7) is 9.33. The fraction of sp³-hybridized carbons (Fsp3) is 1.00. The molecule has 0 radical (unpaired) electrons. The number of halogens is 1. The summed E-state index contributed by atoms with van der Waals surface area (Å²) in [4.78, 5) is 0. The van der Waals surface area contributed by atoms with E-state index in [1.807, 2.05) is 0 Å². The summed E-state index contributed by atoms with van der Waals surface area (Å²) in [6, 6.07) is 0. The molecular formula is C42H88ClP. The fourth-order valence-corrected chi connectivity index (χ4v) is 14.4. The molecule has 0 nitrogen and oxygen atoms in total. The fourth-order valence-electron chi connectivity index (χ4n) is 7.59. The second-order valence-corrected chi connectivity index (χ2v) is 23.6. The zero-order chi connectivity index (χ0) is 32.3. The third-order valence-electron chi connectivity index (χ3n) is 10.8. The quantitative estimate of drug-likeness (QED) is 0.0457. The molecule has 268 valence electrons. The van der Waals surface area contributed by atoms with Crippen LogP contribution in [0, 0.1) is 0 Å². The van der Waals surface area contributed by atoms with Crippen molar-refractivity contribution < 1.29 is 0 Å². The van der Waals surface area contributed by atoms with E-state index in [0.29, 0.717) is 0 Å². The Kier molecular flexibility index (Phi) is 34.2. The van der Waals surface area contributed by atoms with Gasteiger partial charge in [-0.05, 0) is 0 Å². The minimum absolute atomic E-state index is 1.35. The summed E-state index contributed by atoms with van der Waals surface area (Å²) in [5.41, 5.74) is 0. The number of unbranched alkanes of at least 4 members (excludes halogenated alkanes) is 30. The summed E-state index contributed by atoms with van der Waals surface area (Å²) < 4.78 is 0. The van der Waals surface area contributed by atoms with Crippen molar-refractivity contribution in [3.63, 3.8) is 0 Å². The topological polar surface area (TPSA) is 0 Å². The predicted octanol–water partition coefficient (Wildman–Crippen LogP) is 17.0. The molecule has 0 aliphatic carbocycles. The van der Waals surface area contributed by atoms with Crippen LogP contribution in [0.15, 0.2) is 0 Å². The van der Waals surface area contributed by atoms with E-state index < -0.39 is 5.96 Å². The predicted molar refractivity (Wildman–Crippen MR) is 212 cm³/mol. The molecule has 0 amide bonds. The van der Waals surface area contributed by atoms with E-state index >= 15 is 0 Å². The Hall–Kier alpha value is 0.720. The Morgan fingerprint density at radius 2 is 0.364 bits per heavy atom. The molecule has 0 atom stereocenters. The summed E-state index contributed by atoms with van der Waals surface area (Å²) in [6.07, 6.45) is 54.3. The van der Waals surface area contributed by atoms with E-state index in [1.54, 1.807) is 0 Å². The van der Waals surface area contributed by atoms with E-state index in [2.05, 4.69) is 27.7 Å². The first-order valence-electron chi connectivity index (χ1n) is 21.3. The normalized spacial score (nSPS) is 13.0. The third kappa shape index (κ3) is 28.9. The van der Waals surface area contributed by atoms with Gasteiger partial charge in [0.1, 0.15) is 0 Å². The van der Waals surface area contributed by atoms with Gasteiger partial charge in [0.25, 0.3) is 0 Å². The summed E-state index contributed by atoms with van der Waals surface area (Å²) >= 11 is 8.22. The molecule has 0 aromatic rings. The molecule has 44 heavy (non-hydrogen) atoms. The van der Waals surface area contributed by atoms with Gasteiger partial charge in [-0.3, -0.25) is 0 Å². The Bertz CT molecular complexity index is 500. The Balaban J connectivity index is 4.73. The monoisotopic (exact) mass is 659 g/mol. The van der Waals surface area contributed by atoms with Crippen molar-refractivity contribution in [2.24, 2.45) is 0 Å². The standard InChI is InChI=1S/C42H88ClP/c1-5-9-13-17-19-21-23-25-27-29-33-37-41-44(43,39-35-31-15-11-7-3,40-36-32-16-12-8-4)42-38-34-30-28-26-24-22-20-18-14-10-6-2/h5-42H2,1-4H3. The molecule has 0 fully saturated rings. The van der Waals surface area contributed by atoms with Gasteiger partial charge in [0.2, 0.25) is 0 Å². The summed E-state index contributed by atoms with van der Waals surface area (Å²) in [7, 11) is 0. The summed E-state index contributed by atoms with van der Waals surface area (Å²) in [5.74, 6) is -2.14. The molecule has 0 rings (SSSR count). The number of hydrogen-bond donors (Lipinski definition) is 0. The van der Waals surface area contributed by atoms with E-state index in [1.165, 1.54) is 243 Å². The van der Waals surface area contributed by atoms with Gasteiger partial charge < -0.3 is 0 Å². The van der Waals surface area contributed by atoms with Crippen LogP contribution in [0.4, 0.5) is 0 Å². The number of rotatable bonds is 38. The Labute approximate surface area is 286 Å². The van der Waals surface area contributed by atoms with Gasteiger partial charge in [0.15, 0.2) is 0 Å². The van der Waals surface area contributed by atoms with Crippen LogP contribution in [0.1, 0.15) is 246 Å². The van der Waals surface area contributed by atoms with Crippen molar-refractivity contribution in [3.05, 3.63) is 0 Å². The molecule has 0 spiro atoms. The van der Waals surface area contributed by atoms with Crippen molar-refractivity contribution in [2.75, 3.05) is 24.6 Å². The van der Waals surface area contributed by atoms with Gasteiger partial charge >= 0.3 is 261 Å². The first-order valence-corrected chi connectivity index (χ1v) is 25.1. The average Bonchev–Trinajstić information content (AvgIpc) is 3.02. The molecule has 0 heterocycles. The van der Waals surface area contributed by atoms with Crippen LogP contribution in [-0.4, -0.2) is 24.6 Å². The first-order chi connectivity index (χ1) is 21.5. The zero-order valence-electron chi connectivity index (χ0n) is 31.7. The average molecular weight is 660 g/mol. The van der Waals surface area contributed by atoms with Crippen molar-refractivity contribution in [2.45, 2.75) is 246 Å². The van der Waals surface area contributed by atoms with E-state index in [0.717, 1.165) is 0 Å². The molecule has 0 aliphatic rings. The third-order valence-corrected chi connectivity index (χ3v) is 18.5. The molecule has 0 N–H and O–H groups in total. The molecule has 0 saturated heterocycles. The molecule has 2 heteroatoms. The van der Waals surface area contributed by atoms with Gasteiger partial charge in [0, 0.05) is 0 Å². The van der Waals surface area contributed by atoms with Gasteiger partial charge in [0.05, 0.1) is 0 Å². The van der Waals surface area contributed by atoms with Crippen molar-refractivity contribution >= 4 is 17.2 Å². The zero-order valence-corrected chi connectivity index (χ0v) is 33.3. The van der Waals surface area contributed by atoms with Gasteiger partial charge in [-0.1, -0.05) is 26.7 Å². The first kappa shape index (κ1) is 44.7. The van der Waals surface area contributed by atoms with Gasteiger partial charge in [-0.15, -0.1) is 0 Å². The van der Waals surface area contributed by atoms with Crippen LogP contribution in [0.5, 0.6) is 0 Å². The number of hydrogen-bond acceptors (Lipinski definition) is 0. The molecule has 0 aliphatic heterocycles. The van der Waals surface area contributed by atoms with Crippen LogP contribution in [-0.2, 0) is 0 Å². The van der Waals surface area contributed by atoms with Crippen molar-refractivity contribution in [1.29, 1.82) is 0 Å². The molecule has 0 aromatic carbocycles. The second-order valence-electron chi connectivity index (χ2n) is 15.3. The summed E-state index contributed by atoms with van der Waals surface area (Å²) in [5, 5.41) is 0. The van der Waals surface area contributed by atoms with Crippen LogP contribution < -0.4 is 0 Å². The molecule has 0 bridgehead atoms. The van der Waals surface area contributed by atoms with E-state index in [-0.39, 0.29) is 0 Å². The van der Waals surface area contributed by atoms with E-state index in [4.69, 9.17) is 11.2 Å². The van der Waals surface area contributed by atoms with Crippen molar-refractivity contribution in [3.8, 4) is 0 Å². The van der Waals surface area contributed by atoms with Gasteiger partial charge in [-0.2, -0.15) is 0 Å². The van der Waals surface area contributed by atoms with Crippen LogP contribution in [0.25, 0.3) is 0 Å². The second kappa shape index (κ2) is 33.6. The Morgan fingerprint density at radius 3 is 0.523 bits per heavy atom. The minimum atomic E-state index is -2.14. The molecule has 0 aromatic heterocycles. The minimum Gasteiger partial charge on any atom is -0.0654 e. The SMILES string of the molecule is CCCCCCCCCCCCCCP(Cl)(CCCCCCC)(CCCCCCC)CCCCCCCCCCCCCC. The smallest absolute Gasteiger partial charge is 0.0654 e. The van der Waals surface area contributed by atoms with Crippen LogP contribution in [0.2, 0.25) is 0 Å². The van der Waals surface area contributed by atoms with Crippen LogP contribution in [0.3, 0.4) is 0 Å². The maximum absolute atomic E-state index is 8.22. The molecule has 0 unspecified atom stereocenters. The van der Waals surface area contributed by atoms with Crippen LogP contribution >= 0.6 is 17.2 Å². The maximum atomic E-state index is 8.22. The van der Waals surface area contributed by atoms with Gasteiger partial charge in [-0.25, -0.2) is 0 Å². The molecule has 0 saturated carbocycles. The Morgan fingerprint density at radius 1 is 0.227 bits per heavy atom. The molecular weight excluding hydrogens is 571 g/mol. The van der Waals surface area contributed by atoms with Crippen molar-refractivity contribution in [1.82, 2.24) is 0 Å².